The first-order chi connectivity index (χ1) is 21.0. The second kappa shape index (κ2) is 12.9. The van der Waals surface area contributed by atoms with Crippen LogP contribution in [0.4, 0.5) is 10.5 Å². The lowest BCUT2D eigenvalue weighted by Gasteiger charge is -2.36. The predicted octanol–water partition coefficient (Wildman–Crippen LogP) is 5.02. The van der Waals surface area contributed by atoms with E-state index >= 15 is 0 Å². The first kappa shape index (κ1) is 30.8. The highest BCUT2D eigenvalue weighted by molar-refractivity contribution is 6.01. The number of carbonyl (C=O) groups is 4. The second-order valence-electron chi connectivity index (χ2n) is 12.5. The Hall–Kier alpha value is -4.66. The summed E-state index contributed by atoms with van der Waals surface area (Å²) in [6.45, 7) is 6.01. The third-order valence-corrected chi connectivity index (χ3v) is 8.07. The molecule has 3 amide bonds. The Morgan fingerprint density at radius 3 is 2.27 bits per heavy atom. The van der Waals surface area contributed by atoms with E-state index in [1.807, 2.05) is 72.8 Å². The highest BCUT2D eigenvalue weighted by Gasteiger charge is 2.43. The van der Waals surface area contributed by atoms with Gasteiger partial charge in [-0.15, -0.1) is 0 Å². The third-order valence-electron chi connectivity index (χ3n) is 8.07. The van der Waals surface area contributed by atoms with E-state index in [-0.39, 0.29) is 43.8 Å². The van der Waals surface area contributed by atoms with Crippen LogP contribution in [0.3, 0.4) is 0 Å². The van der Waals surface area contributed by atoms with Crippen molar-refractivity contribution in [3.05, 3.63) is 101 Å². The molecule has 9 heteroatoms. The van der Waals surface area contributed by atoms with Crippen molar-refractivity contribution in [3.63, 3.8) is 0 Å². The minimum atomic E-state index is -0.929. The van der Waals surface area contributed by atoms with E-state index in [1.54, 1.807) is 31.7 Å². The van der Waals surface area contributed by atoms with Gasteiger partial charge in [-0.1, -0.05) is 72.8 Å². The van der Waals surface area contributed by atoms with Crippen molar-refractivity contribution in [2.75, 3.05) is 24.5 Å². The van der Waals surface area contributed by atoms with Crippen molar-refractivity contribution in [2.24, 2.45) is 0 Å². The van der Waals surface area contributed by atoms with E-state index in [2.05, 4.69) is 0 Å². The summed E-state index contributed by atoms with van der Waals surface area (Å²) in [5.74, 6) is -1.88. The van der Waals surface area contributed by atoms with Gasteiger partial charge in [-0.3, -0.25) is 19.3 Å². The zero-order valence-corrected chi connectivity index (χ0v) is 25.4. The van der Waals surface area contributed by atoms with Crippen LogP contribution in [-0.4, -0.2) is 70.1 Å². The minimum Gasteiger partial charge on any atom is -0.481 e. The van der Waals surface area contributed by atoms with Crippen molar-refractivity contribution >= 4 is 29.6 Å². The van der Waals surface area contributed by atoms with Crippen molar-refractivity contribution in [1.82, 2.24) is 9.80 Å². The smallest absolute Gasteiger partial charge is 0.415 e. The first-order valence-corrected chi connectivity index (χ1v) is 15.0. The van der Waals surface area contributed by atoms with Gasteiger partial charge in [0.1, 0.15) is 11.6 Å². The van der Waals surface area contributed by atoms with Gasteiger partial charge in [0.15, 0.2) is 0 Å². The number of para-hydroxylation sites is 1. The molecule has 9 nitrogen and oxygen atoms in total. The lowest BCUT2D eigenvalue weighted by Crippen LogP contribution is -2.54. The number of carboxylic acids is 1. The summed E-state index contributed by atoms with van der Waals surface area (Å²) < 4.78 is 5.71. The standard InChI is InChI=1S/C35H39N3O6/c1-35(2,3)44-34(43)38-29-16-10-8-13-25(29)19-30(38)33(42)36(18-17-24-11-5-4-6-12-24)23-31(39)37-21-26-14-7-9-15-28(26)27(22-37)20-32(40)41/h4-16,27,30H,17-23H2,1-3H3,(H,40,41)/t27?,30-/m1/s1. The molecule has 0 radical (unpaired) electrons. The summed E-state index contributed by atoms with van der Waals surface area (Å²) in [7, 11) is 0. The predicted molar refractivity (Wildman–Crippen MR) is 166 cm³/mol. The van der Waals surface area contributed by atoms with Crippen LogP contribution in [0.15, 0.2) is 78.9 Å². The van der Waals surface area contributed by atoms with E-state index in [4.69, 9.17) is 4.74 Å². The van der Waals surface area contributed by atoms with Crippen molar-refractivity contribution in [2.45, 2.75) is 64.1 Å². The Morgan fingerprint density at radius 1 is 0.909 bits per heavy atom. The molecule has 0 fully saturated rings. The Labute approximate surface area is 258 Å². The molecule has 2 aliphatic rings. The van der Waals surface area contributed by atoms with Gasteiger partial charge in [-0.2, -0.15) is 0 Å². The number of hydrogen-bond donors (Lipinski definition) is 1. The van der Waals surface area contributed by atoms with E-state index < -0.39 is 23.7 Å². The van der Waals surface area contributed by atoms with Gasteiger partial charge in [-0.05, 0) is 55.5 Å². The number of carboxylic acid groups (broad SMARTS) is 1. The molecular formula is C35H39N3O6. The normalized spacial score (nSPS) is 17.4. The summed E-state index contributed by atoms with van der Waals surface area (Å²) in [5.41, 5.74) is 3.58. The topological polar surface area (TPSA) is 107 Å². The zero-order chi connectivity index (χ0) is 31.4. The summed E-state index contributed by atoms with van der Waals surface area (Å²) in [4.78, 5) is 58.0. The molecule has 3 aromatic rings. The number of aliphatic carboxylic acids is 1. The van der Waals surface area contributed by atoms with Crippen LogP contribution in [0.5, 0.6) is 0 Å². The molecule has 5 rings (SSSR count). The van der Waals surface area contributed by atoms with Crippen molar-refractivity contribution in [1.29, 1.82) is 0 Å². The lowest BCUT2D eigenvalue weighted by molar-refractivity contribution is -0.142. The summed E-state index contributed by atoms with van der Waals surface area (Å²) in [6.07, 6.45) is 0.125. The van der Waals surface area contributed by atoms with Crippen LogP contribution in [0.2, 0.25) is 0 Å². The average Bonchev–Trinajstić information content (AvgIpc) is 3.38. The van der Waals surface area contributed by atoms with Gasteiger partial charge in [-0.25, -0.2) is 4.79 Å². The molecule has 0 aliphatic carbocycles. The molecule has 2 atom stereocenters. The molecule has 44 heavy (non-hydrogen) atoms. The Bertz CT molecular complexity index is 1530. The molecule has 0 saturated carbocycles. The Morgan fingerprint density at radius 2 is 1.57 bits per heavy atom. The maximum atomic E-state index is 14.4. The number of hydrogen-bond acceptors (Lipinski definition) is 5. The molecule has 1 unspecified atom stereocenters. The average molecular weight is 598 g/mol. The monoisotopic (exact) mass is 597 g/mol. The number of ether oxygens (including phenoxy) is 1. The number of amides is 3. The maximum Gasteiger partial charge on any atom is 0.415 e. The first-order valence-electron chi connectivity index (χ1n) is 15.0. The van der Waals surface area contributed by atoms with Crippen molar-refractivity contribution in [3.8, 4) is 0 Å². The van der Waals surface area contributed by atoms with Gasteiger partial charge >= 0.3 is 12.1 Å². The number of rotatable bonds is 8. The number of benzene rings is 3. The number of anilines is 1. The number of fused-ring (bicyclic) bond motifs is 2. The fraction of sp³-hybridized carbons (Fsp3) is 0.371. The number of nitrogens with zero attached hydrogens (tertiary/aromatic N) is 3. The van der Waals surface area contributed by atoms with Crippen LogP contribution in [0, 0.1) is 0 Å². The fourth-order valence-corrected chi connectivity index (χ4v) is 6.06. The maximum absolute atomic E-state index is 14.4. The Kier molecular flexibility index (Phi) is 9.04. The summed E-state index contributed by atoms with van der Waals surface area (Å²) in [5, 5.41) is 9.55. The van der Waals surface area contributed by atoms with E-state index in [1.165, 1.54) is 9.80 Å². The molecular weight excluding hydrogens is 558 g/mol. The van der Waals surface area contributed by atoms with Gasteiger partial charge in [0, 0.05) is 32.0 Å². The molecule has 0 spiro atoms. The SMILES string of the molecule is CC(C)(C)OC(=O)N1c2ccccc2C[C@@H]1C(=O)N(CCc1ccccc1)CC(=O)N1Cc2ccccc2C(CC(=O)O)C1. The highest BCUT2D eigenvalue weighted by atomic mass is 16.6. The molecule has 2 aliphatic heterocycles. The summed E-state index contributed by atoms with van der Waals surface area (Å²) in [6, 6.07) is 23.8. The van der Waals surface area contributed by atoms with Gasteiger partial charge in [0.25, 0.3) is 0 Å². The van der Waals surface area contributed by atoms with Gasteiger partial charge in [0.05, 0.1) is 18.7 Å². The van der Waals surface area contributed by atoms with Crippen LogP contribution in [0.25, 0.3) is 0 Å². The van der Waals surface area contributed by atoms with Crippen LogP contribution in [0.1, 0.15) is 55.4 Å². The van der Waals surface area contributed by atoms with Crippen LogP contribution >= 0.6 is 0 Å². The van der Waals surface area contributed by atoms with Gasteiger partial charge < -0.3 is 19.6 Å². The third kappa shape index (κ3) is 7.10. The lowest BCUT2D eigenvalue weighted by atomic mass is 9.87. The van der Waals surface area contributed by atoms with E-state index in [0.29, 0.717) is 25.1 Å². The molecule has 2 heterocycles. The van der Waals surface area contributed by atoms with Crippen LogP contribution < -0.4 is 4.90 Å². The van der Waals surface area contributed by atoms with E-state index in [9.17, 15) is 24.3 Å². The molecule has 0 saturated heterocycles. The molecule has 230 valence electrons. The molecule has 0 bridgehead atoms. The largest absolute Gasteiger partial charge is 0.481 e. The summed E-state index contributed by atoms with van der Waals surface area (Å²) >= 11 is 0. The molecule has 3 aromatic carbocycles. The zero-order valence-electron chi connectivity index (χ0n) is 25.4. The van der Waals surface area contributed by atoms with E-state index in [0.717, 1.165) is 22.3 Å². The van der Waals surface area contributed by atoms with Crippen molar-refractivity contribution < 1.29 is 29.0 Å². The highest BCUT2D eigenvalue weighted by Crippen LogP contribution is 2.35. The molecule has 1 N–H and O–H groups in total. The minimum absolute atomic E-state index is 0.0946. The fourth-order valence-electron chi connectivity index (χ4n) is 6.06. The quantitative estimate of drug-likeness (QED) is 0.391. The van der Waals surface area contributed by atoms with Crippen LogP contribution in [-0.2, 0) is 38.5 Å². The van der Waals surface area contributed by atoms with Gasteiger partial charge in [0.2, 0.25) is 11.8 Å². The Balaban J connectivity index is 1.41. The molecule has 0 aromatic heterocycles. The number of carbonyl (C=O) groups excluding carboxylic acids is 3. The second-order valence-corrected chi connectivity index (χ2v) is 12.5.